The Labute approximate surface area is 129 Å². The molecular formula is C14H15Br2NO2. The Hall–Kier alpha value is -0.680. The summed E-state index contributed by atoms with van der Waals surface area (Å²) in [4.78, 5) is 25.7. The highest BCUT2D eigenvalue weighted by Crippen LogP contribution is 2.37. The third-order valence-corrected chi connectivity index (χ3v) is 4.97. The average Bonchev–Trinajstić information content (AvgIpc) is 2.61. The van der Waals surface area contributed by atoms with Gasteiger partial charge in [0.15, 0.2) is 0 Å². The molecule has 1 aliphatic rings. The van der Waals surface area contributed by atoms with E-state index in [0.717, 1.165) is 9.80 Å². The lowest BCUT2D eigenvalue weighted by atomic mass is 9.97. The maximum absolute atomic E-state index is 12.1. The molecule has 3 nitrogen and oxygen atoms in total. The van der Waals surface area contributed by atoms with Crippen LogP contribution in [-0.4, -0.2) is 23.6 Å². The van der Waals surface area contributed by atoms with Gasteiger partial charge in [-0.05, 0) is 39.9 Å². The van der Waals surface area contributed by atoms with Crippen LogP contribution in [-0.2, 0) is 4.79 Å². The number of anilines is 1. The van der Waals surface area contributed by atoms with Gasteiger partial charge in [-0.3, -0.25) is 9.59 Å². The van der Waals surface area contributed by atoms with Crippen molar-refractivity contribution in [2.24, 2.45) is 11.8 Å². The maximum atomic E-state index is 12.1. The van der Waals surface area contributed by atoms with Gasteiger partial charge in [0, 0.05) is 16.3 Å². The monoisotopic (exact) mass is 387 g/mol. The average molecular weight is 389 g/mol. The van der Waals surface area contributed by atoms with Gasteiger partial charge in [0.1, 0.15) is 0 Å². The number of hydrogen-bond donors (Lipinski definition) is 0. The second kappa shape index (κ2) is 5.75. The predicted molar refractivity (Wildman–Crippen MR) is 82.9 cm³/mol. The number of carbonyl (C=O) groups excluding carboxylic acids is 2. The number of nitrogens with zero attached hydrogens (tertiary/aromatic N) is 1. The topological polar surface area (TPSA) is 37.4 Å². The first-order valence-corrected chi connectivity index (χ1v) is 8.09. The van der Waals surface area contributed by atoms with Gasteiger partial charge in [-0.15, -0.1) is 0 Å². The number of amides is 1. The molecule has 0 saturated carbocycles. The van der Waals surface area contributed by atoms with Gasteiger partial charge in [0.25, 0.3) is 11.7 Å². The second-order valence-electron chi connectivity index (χ2n) is 5.04. The second-order valence-corrected chi connectivity index (χ2v) is 6.54. The van der Waals surface area contributed by atoms with Crippen molar-refractivity contribution in [3.63, 3.8) is 0 Å². The lowest BCUT2D eigenvalue weighted by Crippen LogP contribution is -2.36. The van der Waals surface area contributed by atoms with Crippen molar-refractivity contribution in [2.75, 3.05) is 16.8 Å². The number of benzene rings is 1. The summed E-state index contributed by atoms with van der Waals surface area (Å²) in [5, 5.41) is 0.808. The molecule has 0 radical (unpaired) electrons. The van der Waals surface area contributed by atoms with Gasteiger partial charge in [-0.25, -0.2) is 0 Å². The van der Waals surface area contributed by atoms with Gasteiger partial charge in [0.2, 0.25) is 0 Å². The van der Waals surface area contributed by atoms with Crippen molar-refractivity contribution >= 4 is 49.2 Å². The number of alkyl halides is 1. The predicted octanol–water partition coefficient (Wildman–Crippen LogP) is 3.65. The molecule has 0 spiro atoms. The minimum absolute atomic E-state index is 0.315. The molecule has 5 heteroatoms. The zero-order chi connectivity index (χ0) is 14.2. The number of halogens is 2. The Morgan fingerprint density at radius 2 is 1.95 bits per heavy atom. The van der Waals surface area contributed by atoms with Crippen molar-refractivity contribution in [1.29, 1.82) is 0 Å². The van der Waals surface area contributed by atoms with Crippen molar-refractivity contribution in [3.8, 4) is 0 Å². The van der Waals surface area contributed by atoms with Gasteiger partial charge in [-0.2, -0.15) is 0 Å². The van der Waals surface area contributed by atoms with E-state index < -0.39 is 11.7 Å². The molecular weight excluding hydrogens is 374 g/mol. The van der Waals surface area contributed by atoms with Crippen molar-refractivity contribution < 1.29 is 9.59 Å². The fraction of sp³-hybridized carbons (Fsp3) is 0.429. The van der Waals surface area contributed by atoms with Gasteiger partial charge >= 0.3 is 0 Å². The molecule has 1 aliphatic heterocycles. The van der Waals surface area contributed by atoms with Crippen LogP contribution in [0.1, 0.15) is 24.2 Å². The van der Waals surface area contributed by atoms with E-state index in [0.29, 0.717) is 29.6 Å². The summed E-state index contributed by atoms with van der Waals surface area (Å²) < 4.78 is 0.793. The van der Waals surface area contributed by atoms with Crippen LogP contribution in [0.4, 0.5) is 5.69 Å². The van der Waals surface area contributed by atoms with Gasteiger partial charge in [-0.1, -0.05) is 35.8 Å². The summed E-state index contributed by atoms with van der Waals surface area (Å²) in [5.74, 6) is -0.0782. The highest BCUT2D eigenvalue weighted by atomic mass is 79.9. The summed E-state index contributed by atoms with van der Waals surface area (Å²) in [5.41, 5.74) is 1.21. The maximum Gasteiger partial charge on any atom is 0.299 e. The van der Waals surface area contributed by atoms with Crippen molar-refractivity contribution in [2.45, 2.75) is 13.8 Å². The third-order valence-electron chi connectivity index (χ3n) is 3.50. The zero-order valence-corrected chi connectivity index (χ0v) is 14.0. The Morgan fingerprint density at radius 3 is 2.53 bits per heavy atom. The van der Waals surface area contributed by atoms with E-state index in [4.69, 9.17) is 0 Å². The first-order valence-electron chi connectivity index (χ1n) is 6.18. The number of rotatable bonds is 4. The molecule has 1 heterocycles. The standard InChI is InChI=1S/C14H15Br2NO2/c1-8(2)9(6-15)7-17-12-10(13(18)14(17)19)4-3-5-11(12)16/h3-5,8-9H,6-7H2,1-2H3. The molecule has 1 aromatic carbocycles. The molecule has 2 rings (SSSR count). The first kappa shape index (κ1) is 14.7. The quantitative estimate of drug-likeness (QED) is 0.583. The van der Waals surface area contributed by atoms with Crippen LogP contribution in [0.5, 0.6) is 0 Å². The Bertz CT molecular complexity index is 528. The van der Waals surface area contributed by atoms with Crippen LogP contribution in [0.3, 0.4) is 0 Å². The smallest absolute Gasteiger partial charge is 0.299 e. The number of hydrogen-bond acceptors (Lipinski definition) is 2. The highest BCUT2D eigenvalue weighted by molar-refractivity contribution is 9.10. The van der Waals surface area contributed by atoms with E-state index in [1.54, 1.807) is 17.0 Å². The van der Waals surface area contributed by atoms with Gasteiger partial charge < -0.3 is 4.90 Å². The molecule has 0 aromatic heterocycles. The molecule has 0 N–H and O–H groups in total. The lowest BCUT2D eigenvalue weighted by molar-refractivity contribution is -0.114. The molecule has 0 saturated heterocycles. The van der Waals surface area contributed by atoms with Crippen LogP contribution < -0.4 is 4.90 Å². The molecule has 0 aliphatic carbocycles. The number of para-hydroxylation sites is 1. The summed E-state index contributed by atoms with van der Waals surface area (Å²) in [6.45, 7) is 4.80. The largest absolute Gasteiger partial charge is 0.303 e. The third kappa shape index (κ3) is 2.63. The lowest BCUT2D eigenvalue weighted by Gasteiger charge is -2.25. The normalized spacial score (nSPS) is 16.2. The highest BCUT2D eigenvalue weighted by Gasteiger charge is 2.38. The molecule has 19 heavy (non-hydrogen) atoms. The van der Waals surface area contributed by atoms with E-state index in [-0.39, 0.29) is 0 Å². The van der Waals surface area contributed by atoms with Crippen LogP contribution in [0, 0.1) is 11.8 Å². The summed E-state index contributed by atoms with van der Waals surface area (Å²) in [6, 6.07) is 5.34. The molecule has 1 aromatic rings. The number of ketones is 1. The summed E-state index contributed by atoms with van der Waals surface area (Å²) in [7, 11) is 0. The first-order chi connectivity index (χ1) is 8.97. The SMILES string of the molecule is CC(C)C(CBr)CN1C(=O)C(=O)c2cccc(Br)c21. The van der Waals surface area contributed by atoms with Crippen LogP contribution in [0.25, 0.3) is 0 Å². The Kier molecular flexibility index (Phi) is 4.46. The van der Waals surface area contributed by atoms with E-state index in [9.17, 15) is 9.59 Å². The minimum Gasteiger partial charge on any atom is -0.303 e. The van der Waals surface area contributed by atoms with Crippen molar-refractivity contribution in [3.05, 3.63) is 28.2 Å². The van der Waals surface area contributed by atoms with Crippen LogP contribution in [0.15, 0.2) is 22.7 Å². The molecule has 1 atom stereocenters. The minimum atomic E-state index is -0.423. The van der Waals surface area contributed by atoms with Crippen LogP contribution >= 0.6 is 31.9 Å². The number of fused-ring (bicyclic) bond motifs is 1. The molecule has 1 unspecified atom stereocenters. The molecule has 1 amide bonds. The van der Waals surface area contributed by atoms with E-state index in [1.165, 1.54) is 0 Å². The van der Waals surface area contributed by atoms with E-state index >= 15 is 0 Å². The fourth-order valence-electron chi connectivity index (χ4n) is 2.16. The number of carbonyl (C=O) groups is 2. The van der Waals surface area contributed by atoms with E-state index in [1.807, 2.05) is 6.07 Å². The summed E-state index contributed by atoms with van der Waals surface area (Å²) >= 11 is 6.92. The Morgan fingerprint density at radius 1 is 1.26 bits per heavy atom. The fourth-order valence-corrected chi connectivity index (χ4v) is 3.69. The molecule has 0 bridgehead atoms. The zero-order valence-electron chi connectivity index (χ0n) is 10.8. The van der Waals surface area contributed by atoms with Crippen LogP contribution in [0.2, 0.25) is 0 Å². The number of Topliss-reactive ketones (excluding diaryl/α,β-unsaturated/α-hetero) is 1. The van der Waals surface area contributed by atoms with Gasteiger partial charge in [0.05, 0.1) is 11.3 Å². The molecule has 0 fully saturated rings. The van der Waals surface area contributed by atoms with Crippen molar-refractivity contribution in [1.82, 2.24) is 0 Å². The molecule has 102 valence electrons. The Balaban J connectivity index is 2.38. The summed E-state index contributed by atoms with van der Waals surface area (Å²) in [6.07, 6.45) is 0. The van der Waals surface area contributed by atoms with E-state index in [2.05, 4.69) is 45.7 Å².